The molecule has 94 valence electrons. The predicted molar refractivity (Wildman–Crippen MR) is 71.6 cm³/mol. The van der Waals surface area contributed by atoms with Crippen LogP contribution in [0.1, 0.15) is 13.8 Å². The standard InChI is InChI=1S/C12H14Cl3NO/c1-8(2)16-7-11(12(14,15)10(16)17)6-4-3-5-9(11)13/h3-6,8-9H,7H2,1-2H3/t9-,11?/m1/s1. The van der Waals surface area contributed by atoms with Crippen molar-refractivity contribution >= 4 is 40.7 Å². The normalized spacial score (nSPS) is 35.3. The third-order valence-corrected chi connectivity index (χ3v) is 5.01. The number of alkyl halides is 3. The summed E-state index contributed by atoms with van der Waals surface area (Å²) < 4.78 is -1.50. The van der Waals surface area contributed by atoms with Gasteiger partial charge >= 0.3 is 0 Å². The van der Waals surface area contributed by atoms with Crippen LogP contribution in [0, 0.1) is 5.41 Å². The van der Waals surface area contributed by atoms with Crippen molar-refractivity contribution in [2.45, 2.75) is 29.6 Å². The molecule has 17 heavy (non-hydrogen) atoms. The fourth-order valence-corrected chi connectivity index (χ4v) is 3.52. The zero-order chi connectivity index (χ0) is 12.8. The summed E-state index contributed by atoms with van der Waals surface area (Å²) >= 11 is 18.9. The highest BCUT2D eigenvalue weighted by molar-refractivity contribution is 6.59. The first-order valence-electron chi connectivity index (χ1n) is 5.52. The van der Waals surface area contributed by atoms with Gasteiger partial charge in [-0.1, -0.05) is 47.5 Å². The van der Waals surface area contributed by atoms with Gasteiger partial charge in [0.05, 0.1) is 10.8 Å². The van der Waals surface area contributed by atoms with Crippen LogP contribution in [0.2, 0.25) is 0 Å². The van der Waals surface area contributed by atoms with Gasteiger partial charge in [0.2, 0.25) is 4.33 Å². The Labute approximate surface area is 116 Å². The van der Waals surface area contributed by atoms with Crippen molar-refractivity contribution in [3.63, 3.8) is 0 Å². The summed E-state index contributed by atoms with van der Waals surface area (Å²) in [6, 6.07) is 0.0573. The SMILES string of the molecule is CC(C)N1CC2(C=CC=C[C@H]2Cl)C(Cl)(Cl)C1=O. The summed E-state index contributed by atoms with van der Waals surface area (Å²) in [5.74, 6) is -0.263. The molecule has 0 bridgehead atoms. The molecule has 1 spiro atoms. The Morgan fingerprint density at radius 2 is 2.06 bits per heavy atom. The van der Waals surface area contributed by atoms with E-state index in [2.05, 4.69) is 0 Å². The smallest absolute Gasteiger partial charge is 0.260 e. The molecular formula is C12H14Cl3NO. The van der Waals surface area contributed by atoms with E-state index in [1.807, 2.05) is 38.2 Å². The number of allylic oxidation sites excluding steroid dienone is 3. The zero-order valence-electron chi connectivity index (χ0n) is 9.66. The Morgan fingerprint density at radius 1 is 1.41 bits per heavy atom. The molecule has 0 saturated carbocycles. The average molecular weight is 295 g/mol. The number of carbonyl (C=O) groups is 1. The Kier molecular flexibility index (Phi) is 3.26. The molecular weight excluding hydrogens is 280 g/mol. The molecule has 1 fully saturated rings. The molecule has 2 atom stereocenters. The number of nitrogens with zero attached hydrogens (tertiary/aromatic N) is 1. The molecule has 0 aromatic carbocycles. The van der Waals surface area contributed by atoms with Gasteiger partial charge in [-0.3, -0.25) is 4.79 Å². The Morgan fingerprint density at radius 3 is 2.53 bits per heavy atom. The van der Waals surface area contributed by atoms with E-state index in [0.717, 1.165) is 0 Å². The molecule has 1 saturated heterocycles. The van der Waals surface area contributed by atoms with Gasteiger partial charge in [-0.2, -0.15) is 0 Å². The highest BCUT2D eigenvalue weighted by Crippen LogP contribution is 2.54. The second kappa shape index (κ2) is 4.18. The van der Waals surface area contributed by atoms with Crippen LogP contribution in [-0.2, 0) is 4.79 Å². The van der Waals surface area contributed by atoms with Gasteiger partial charge in [0, 0.05) is 12.6 Å². The molecule has 5 heteroatoms. The third kappa shape index (κ3) is 1.73. The fourth-order valence-electron chi connectivity index (χ4n) is 2.32. The van der Waals surface area contributed by atoms with Crippen LogP contribution < -0.4 is 0 Å². The molecule has 1 amide bonds. The maximum absolute atomic E-state index is 12.2. The van der Waals surface area contributed by atoms with E-state index in [-0.39, 0.29) is 17.3 Å². The summed E-state index contributed by atoms with van der Waals surface area (Å²) in [6.07, 6.45) is 7.36. The molecule has 2 aliphatic rings. The number of likely N-dealkylation sites (tertiary alicyclic amines) is 1. The predicted octanol–water partition coefficient (Wildman–Crippen LogP) is 3.13. The van der Waals surface area contributed by atoms with E-state index in [9.17, 15) is 4.79 Å². The van der Waals surface area contributed by atoms with Crippen LogP contribution in [0.3, 0.4) is 0 Å². The average Bonchev–Trinajstić information content (AvgIpc) is 2.45. The molecule has 1 heterocycles. The minimum Gasteiger partial charge on any atom is -0.337 e. The molecule has 1 aliphatic carbocycles. The van der Waals surface area contributed by atoms with Crippen molar-refractivity contribution in [1.29, 1.82) is 0 Å². The molecule has 0 aromatic heterocycles. The lowest BCUT2D eigenvalue weighted by Gasteiger charge is -2.36. The molecule has 2 nitrogen and oxygen atoms in total. The summed E-state index contributed by atoms with van der Waals surface area (Å²) in [5, 5.41) is -0.379. The molecule has 1 aliphatic heterocycles. The first-order valence-corrected chi connectivity index (χ1v) is 6.71. The van der Waals surface area contributed by atoms with Crippen molar-refractivity contribution in [1.82, 2.24) is 4.90 Å². The van der Waals surface area contributed by atoms with Crippen molar-refractivity contribution in [2.75, 3.05) is 6.54 Å². The maximum Gasteiger partial charge on any atom is 0.260 e. The number of amides is 1. The fraction of sp³-hybridized carbons (Fsp3) is 0.583. The van der Waals surface area contributed by atoms with Gasteiger partial charge in [0.1, 0.15) is 0 Å². The lowest BCUT2D eigenvalue weighted by atomic mass is 9.79. The minimum atomic E-state index is -1.50. The van der Waals surface area contributed by atoms with Crippen LogP contribution in [0.4, 0.5) is 0 Å². The van der Waals surface area contributed by atoms with Crippen molar-refractivity contribution < 1.29 is 4.79 Å². The van der Waals surface area contributed by atoms with Crippen LogP contribution in [0.5, 0.6) is 0 Å². The second-order valence-electron chi connectivity index (χ2n) is 4.79. The highest BCUT2D eigenvalue weighted by atomic mass is 35.5. The largest absolute Gasteiger partial charge is 0.337 e. The quantitative estimate of drug-likeness (QED) is 0.680. The van der Waals surface area contributed by atoms with E-state index in [0.29, 0.717) is 6.54 Å². The van der Waals surface area contributed by atoms with E-state index in [1.165, 1.54) is 0 Å². The molecule has 0 N–H and O–H groups in total. The minimum absolute atomic E-state index is 0.0573. The van der Waals surface area contributed by atoms with E-state index in [1.54, 1.807) is 4.90 Å². The Bertz CT molecular complexity index is 403. The van der Waals surface area contributed by atoms with Crippen molar-refractivity contribution in [3.8, 4) is 0 Å². The van der Waals surface area contributed by atoms with Crippen molar-refractivity contribution in [2.24, 2.45) is 5.41 Å². The Hall–Kier alpha value is -0.180. The van der Waals surface area contributed by atoms with E-state index in [4.69, 9.17) is 34.8 Å². The van der Waals surface area contributed by atoms with Crippen LogP contribution in [-0.4, -0.2) is 33.1 Å². The lowest BCUT2D eigenvalue weighted by Crippen LogP contribution is -2.45. The zero-order valence-corrected chi connectivity index (χ0v) is 11.9. The number of rotatable bonds is 1. The molecule has 1 unspecified atom stereocenters. The van der Waals surface area contributed by atoms with Crippen molar-refractivity contribution in [3.05, 3.63) is 24.3 Å². The number of hydrogen-bond acceptors (Lipinski definition) is 1. The van der Waals surface area contributed by atoms with Gasteiger partial charge in [-0.05, 0) is 13.8 Å². The summed E-state index contributed by atoms with van der Waals surface area (Å²) in [4.78, 5) is 13.9. The van der Waals surface area contributed by atoms with Gasteiger partial charge < -0.3 is 4.90 Å². The van der Waals surface area contributed by atoms with Gasteiger partial charge in [0.25, 0.3) is 5.91 Å². The number of carbonyl (C=O) groups excluding carboxylic acids is 1. The summed E-state index contributed by atoms with van der Waals surface area (Å²) in [5.41, 5.74) is -0.742. The lowest BCUT2D eigenvalue weighted by molar-refractivity contribution is -0.129. The van der Waals surface area contributed by atoms with Crippen LogP contribution in [0.15, 0.2) is 24.3 Å². The first-order chi connectivity index (χ1) is 7.83. The number of halogens is 3. The third-order valence-electron chi connectivity index (χ3n) is 3.45. The summed E-state index contributed by atoms with van der Waals surface area (Å²) in [7, 11) is 0. The molecule has 0 aromatic rings. The molecule has 0 radical (unpaired) electrons. The van der Waals surface area contributed by atoms with Gasteiger partial charge in [0.15, 0.2) is 0 Å². The van der Waals surface area contributed by atoms with E-state index < -0.39 is 9.75 Å². The Balaban J connectivity index is 2.46. The topological polar surface area (TPSA) is 20.3 Å². The summed E-state index contributed by atoms with van der Waals surface area (Å²) in [6.45, 7) is 4.32. The van der Waals surface area contributed by atoms with Crippen LogP contribution in [0.25, 0.3) is 0 Å². The maximum atomic E-state index is 12.2. The second-order valence-corrected chi connectivity index (χ2v) is 6.58. The van der Waals surface area contributed by atoms with E-state index >= 15 is 0 Å². The van der Waals surface area contributed by atoms with Gasteiger partial charge in [-0.25, -0.2) is 0 Å². The van der Waals surface area contributed by atoms with Crippen LogP contribution >= 0.6 is 34.8 Å². The monoisotopic (exact) mass is 293 g/mol. The number of hydrogen-bond donors (Lipinski definition) is 0. The van der Waals surface area contributed by atoms with Gasteiger partial charge in [-0.15, -0.1) is 11.6 Å². The molecule has 2 rings (SSSR count). The first kappa shape index (κ1) is 13.3. The highest BCUT2D eigenvalue weighted by Gasteiger charge is 2.64.